The molecule has 0 unspecified atom stereocenters. The first-order valence-corrected chi connectivity index (χ1v) is 19.1. The molecule has 1 aromatic heterocycles. The third-order valence-electron chi connectivity index (χ3n) is 11.9. The van der Waals surface area contributed by atoms with E-state index in [1.807, 2.05) is 0 Å². The lowest BCUT2D eigenvalue weighted by Gasteiger charge is -2.15. The molecule has 12 rings (SSSR count). The molecule has 0 N–H and O–H groups in total. The van der Waals surface area contributed by atoms with E-state index in [2.05, 4.69) is 205 Å². The SMILES string of the molecule is c1ccc2c(c1)cc(-c1ccc3c(c1)c1cc(-c4cc5ccccc5c5ccccc45)ccc1n3-c1cc3ccccc3c3ccccc13)c1ccccc12. The second-order valence-corrected chi connectivity index (χ2v) is 14.8. The molecule has 0 bridgehead atoms. The molecular weight excluding hydrogens is 663 g/mol. The number of hydrogen-bond acceptors (Lipinski definition) is 0. The molecule has 1 heteroatoms. The van der Waals surface area contributed by atoms with Gasteiger partial charge in [0, 0.05) is 16.2 Å². The summed E-state index contributed by atoms with van der Waals surface area (Å²) >= 11 is 0. The van der Waals surface area contributed by atoms with Crippen LogP contribution in [0.1, 0.15) is 0 Å². The largest absolute Gasteiger partial charge is 0.309 e. The lowest BCUT2D eigenvalue weighted by atomic mass is 9.92. The molecule has 0 amide bonds. The fourth-order valence-corrected chi connectivity index (χ4v) is 9.42. The van der Waals surface area contributed by atoms with Gasteiger partial charge >= 0.3 is 0 Å². The molecule has 0 saturated heterocycles. The number of hydrogen-bond donors (Lipinski definition) is 0. The van der Waals surface area contributed by atoms with E-state index in [4.69, 9.17) is 0 Å². The maximum atomic E-state index is 2.50. The van der Waals surface area contributed by atoms with E-state index < -0.39 is 0 Å². The summed E-state index contributed by atoms with van der Waals surface area (Å²) < 4.78 is 2.50. The lowest BCUT2D eigenvalue weighted by Crippen LogP contribution is -1.96. The minimum Gasteiger partial charge on any atom is -0.309 e. The minimum absolute atomic E-state index is 1.20. The number of benzene rings is 11. The van der Waals surface area contributed by atoms with Crippen LogP contribution >= 0.6 is 0 Å². The fourth-order valence-electron chi connectivity index (χ4n) is 9.42. The summed E-state index contributed by atoms with van der Waals surface area (Å²) in [5.74, 6) is 0. The second-order valence-electron chi connectivity index (χ2n) is 14.8. The van der Waals surface area contributed by atoms with Crippen molar-refractivity contribution >= 4 is 86.4 Å². The van der Waals surface area contributed by atoms with Crippen LogP contribution in [0.15, 0.2) is 200 Å². The Labute approximate surface area is 317 Å². The van der Waals surface area contributed by atoms with Gasteiger partial charge in [-0.3, -0.25) is 0 Å². The third kappa shape index (κ3) is 4.48. The Morgan fingerprint density at radius 3 is 1.04 bits per heavy atom. The second kappa shape index (κ2) is 11.6. The summed E-state index contributed by atoms with van der Waals surface area (Å²) in [6.45, 7) is 0. The molecular formula is C54H33N. The highest BCUT2D eigenvalue weighted by molar-refractivity contribution is 6.19. The Balaban J connectivity index is 1.19. The summed E-state index contributed by atoms with van der Waals surface area (Å²) in [4.78, 5) is 0. The smallest absolute Gasteiger partial charge is 0.0546 e. The third-order valence-corrected chi connectivity index (χ3v) is 11.9. The predicted molar refractivity (Wildman–Crippen MR) is 237 cm³/mol. The van der Waals surface area contributed by atoms with Crippen LogP contribution in [0, 0.1) is 0 Å². The molecule has 0 aliphatic rings. The van der Waals surface area contributed by atoms with Crippen LogP contribution < -0.4 is 0 Å². The van der Waals surface area contributed by atoms with Crippen LogP contribution in [0.2, 0.25) is 0 Å². The fraction of sp³-hybridized carbons (Fsp3) is 0. The van der Waals surface area contributed by atoms with Crippen molar-refractivity contribution in [3.05, 3.63) is 200 Å². The van der Waals surface area contributed by atoms with Crippen molar-refractivity contribution in [3.8, 4) is 27.9 Å². The highest BCUT2D eigenvalue weighted by atomic mass is 15.0. The Kier molecular flexibility index (Phi) is 6.40. The number of rotatable bonds is 3. The zero-order valence-corrected chi connectivity index (χ0v) is 30.0. The van der Waals surface area contributed by atoms with Gasteiger partial charge in [0.1, 0.15) is 0 Å². The number of fused-ring (bicyclic) bond motifs is 12. The standard InChI is InChI=1S/C54H33N/c1-4-16-39-34(13-1)29-48(45-22-9-7-19-42(39)45)37-25-27-52-50(31-37)51-32-38(49-30-35-14-2-5-17-40(35)43-20-8-10-23-46(43)49)26-28-53(51)55(52)54-33-36-15-3-6-18-41(36)44-21-11-12-24-47(44)54/h1-33H. The molecule has 1 nitrogen and oxygen atoms in total. The van der Waals surface area contributed by atoms with Crippen LogP contribution in [0.3, 0.4) is 0 Å². The highest BCUT2D eigenvalue weighted by Gasteiger charge is 2.19. The summed E-state index contributed by atoms with van der Waals surface area (Å²) in [7, 11) is 0. The van der Waals surface area contributed by atoms with E-state index >= 15 is 0 Å². The van der Waals surface area contributed by atoms with Crippen molar-refractivity contribution in [2.75, 3.05) is 0 Å². The quantitative estimate of drug-likeness (QED) is 0.162. The zero-order valence-electron chi connectivity index (χ0n) is 30.0. The molecule has 0 aliphatic carbocycles. The van der Waals surface area contributed by atoms with Gasteiger partial charge < -0.3 is 4.57 Å². The molecule has 254 valence electrons. The number of nitrogens with zero attached hydrogens (tertiary/aromatic N) is 1. The molecule has 0 spiro atoms. The molecule has 0 atom stereocenters. The van der Waals surface area contributed by atoms with Gasteiger partial charge in [-0.25, -0.2) is 0 Å². The topological polar surface area (TPSA) is 4.93 Å². The summed E-state index contributed by atoms with van der Waals surface area (Å²) in [5, 5.41) is 17.7. The van der Waals surface area contributed by atoms with Gasteiger partial charge in [0.15, 0.2) is 0 Å². The molecule has 0 aliphatic heterocycles. The molecule has 1 heterocycles. The first kappa shape index (κ1) is 30.3. The van der Waals surface area contributed by atoms with Crippen molar-refractivity contribution in [2.24, 2.45) is 0 Å². The van der Waals surface area contributed by atoms with Crippen LogP contribution in [0.25, 0.3) is 114 Å². The van der Waals surface area contributed by atoms with Crippen molar-refractivity contribution in [3.63, 3.8) is 0 Å². The van der Waals surface area contributed by atoms with E-state index in [0.29, 0.717) is 0 Å². The van der Waals surface area contributed by atoms with Gasteiger partial charge in [0.2, 0.25) is 0 Å². The van der Waals surface area contributed by atoms with E-state index in [9.17, 15) is 0 Å². The van der Waals surface area contributed by atoms with Crippen LogP contribution in [-0.2, 0) is 0 Å². The summed E-state index contributed by atoms with van der Waals surface area (Å²) in [5.41, 5.74) is 8.54. The monoisotopic (exact) mass is 695 g/mol. The van der Waals surface area contributed by atoms with E-state index in [1.165, 1.54) is 114 Å². The molecule has 0 radical (unpaired) electrons. The van der Waals surface area contributed by atoms with Gasteiger partial charge in [-0.1, -0.05) is 158 Å². The van der Waals surface area contributed by atoms with Crippen molar-refractivity contribution in [2.45, 2.75) is 0 Å². The Morgan fingerprint density at radius 1 is 0.236 bits per heavy atom. The minimum atomic E-state index is 1.20. The molecule has 11 aromatic carbocycles. The van der Waals surface area contributed by atoms with E-state index in [-0.39, 0.29) is 0 Å². The first-order valence-electron chi connectivity index (χ1n) is 19.1. The summed E-state index contributed by atoms with van der Waals surface area (Å²) in [6.07, 6.45) is 0. The zero-order chi connectivity index (χ0) is 36.0. The number of aromatic nitrogens is 1. The van der Waals surface area contributed by atoms with Crippen LogP contribution in [0.5, 0.6) is 0 Å². The maximum absolute atomic E-state index is 2.50. The van der Waals surface area contributed by atoms with Crippen molar-refractivity contribution < 1.29 is 0 Å². The summed E-state index contributed by atoms with van der Waals surface area (Å²) in [6, 6.07) is 74.2. The van der Waals surface area contributed by atoms with E-state index in [1.54, 1.807) is 0 Å². The van der Waals surface area contributed by atoms with Gasteiger partial charge in [-0.2, -0.15) is 0 Å². The Bertz CT molecular complexity index is 3370. The average molecular weight is 696 g/mol. The van der Waals surface area contributed by atoms with E-state index in [0.717, 1.165) is 0 Å². The average Bonchev–Trinajstić information content (AvgIpc) is 3.58. The predicted octanol–water partition coefficient (Wildman–Crippen LogP) is 15.0. The van der Waals surface area contributed by atoms with Gasteiger partial charge in [-0.15, -0.1) is 0 Å². The Morgan fingerprint density at radius 2 is 0.582 bits per heavy atom. The molecule has 55 heavy (non-hydrogen) atoms. The highest BCUT2D eigenvalue weighted by Crippen LogP contribution is 2.43. The molecule has 0 saturated carbocycles. The van der Waals surface area contributed by atoms with Crippen molar-refractivity contribution in [1.82, 2.24) is 4.57 Å². The normalized spacial score (nSPS) is 12.0. The lowest BCUT2D eigenvalue weighted by molar-refractivity contribution is 1.20. The van der Waals surface area contributed by atoms with Crippen LogP contribution in [0.4, 0.5) is 0 Å². The maximum Gasteiger partial charge on any atom is 0.0546 e. The van der Waals surface area contributed by atoms with Crippen LogP contribution in [-0.4, -0.2) is 4.57 Å². The van der Waals surface area contributed by atoms with Gasteiger partial charge in [-0.05, 0) is 124 Å². The molecule has 0 fully saturated rings. The van der Waals surface area contributed by atoms with Gasteiger partial charge in [0.05, 0.1) is 16.7 Å². The Hall–Kier alpha value is -7.22. The van der Waals surface area contributed by atoms with Gasteiger partial charge in [0.25, 0.3) is 0 Å². The molecule has 12 aromatic rings. The van der Waals surface area contributed by atoms with Crippen molar-refractivity contribution in [1.29, 1.82) is 0 Å². The first-order chi connectivity index (χ1) is 27.3.